The smallest absolute Gasteiger partial charge is 0.173 e. The number of hydrogen-bond donors (Lipinski definition) is 2. The Morgan fingerprint density at radius 2 is 2.10 bits per heavy atom. The molecule has 0 saturated carbocycles. The van der Waals surface area contributed by atoms with Gasteiger partial charge in [0.05, 0.1) is 5.56 Å². The number of oxime groups is 1. The second-order valence-corrected chi connectivity index (χ2v) is 5.19. The molecule has 3 N–H and O–H groups in total. The lowest BCUT2D eigenvalue weighted by Gasteiger charge is -2.31. The van der Waals surface area contributed by atoms with Crippen LogP contribution in [-0.2, 0) is 6.42 Å². The van der Waals surface area contributed by atoms with Crippen molar-refractivity contribution < 1.29 is 5.21 Å². The van der Waals surface area contributed by atoms with Crippen LogP contribution in [0.1, 0.15) is 23.2 Å². The van der Waals surface area contributed by atoms with Crippen molar-refractivity contribution in [3.8, 4) is 0 Å². The second kappa shape index (κ2) is 5.44. The van der Waals surface area contributed by atoms with Gasteiger partial charge in [-0.2, -0.15) is 0 Å². The minimum Gasteiger partial charge on any atom is -0.409 e. The third-order valence-corrected chi connectivity index (χ3v) is 3.76. The zero-order valence-corrected chi connectivity index (χ0v) is 12.0. The van der Waals surface area contributed by atoms with Gasteiger partial charge in [0, 0.05) is 17.9 Å². The van der Waals surface area contributed by atoms with E-state index in [9.17, 15) is 0 Å². The lowest BCUT2D eigenvalue weighted by Crippen LogP contribution is -2.28. The predicted molar refractivity (Wildman–Crippen MR) is 83.3 cm³/mol. The van der Waals surface area contributed by atoms with Crippen molar-refractivity contribution in [3.63, 3.8) is 0 Å². The van der Waals surface area contributed by atoms with E-state index in [1.807, 2.05) is 25.1 Å². The number of pyridine rings is 1. The molecule has 108 valence electrons. The average molecular weight is 282 g/mol. The number of rotatable bonds is 2. The van der Waals surface area contributed by atoms with Crippen LogP contribution >= 0.6 is 0 Å². The molecule has 0 aliphatic carbocycles. The van der Waals surface area contributed by atoms with Crippen LogP contribution in [0.15, 0.2) is 41.6 Å². The molecular formula is C16H18N4O. The molecule has 5 nitrogen and oxygen atoms in total. The van der Waals surface area contributed by atoms with Crippen molar-refractivity contribution >= 4 is 17.3 Å². The third kappa shape index (κ3) is 2.42. The van der Waals surface area contributed by atoms with E-state index in [1.165, 1.54) is 5.56 Å². The Kier molecular flexibility index (Phi) is 3.48. The number of benzene rings is 1. The molecule has 0 unspecified atom stereocenters. The number of aryl methyl sites for hydroxylation is 2. The van der Waals surface area contributed by atoms with Crippen LogP contribution in [0, 0.1) is 6.92 Å². The van der Waals surface area contributed by atoms with Crippen molar-refractivity contribution in [2.75, 3.05) is 11.4 Å². The normalized spacial score (nSPS) is 14.9. The Balaban J connectivity index is 2.15. The maximum Gasteiger partial charge on any atom is 0.173 e. The SMILES string of the molecule is Cc1ccc(C(N)=NO)c(N2CCCc3ccccc32)n1. The van der Waals surface area contributed by atoms with E-state index in [4.69, 9.17) is 10.9 Å². The van der Waals surface area contributed by atoms with E-state index < -0.39 is 0 Å². The number of aromatic nitrogens is 1. The monoisotopic (exact) mass is 282 g/mol. The zero-order chi connectivity index (χ0) is 14.8. The van der Waals surface area contributed by atoms with Gasteiger partial charge in [0.1, 0.15) is 5.82 Å². The zero-order valence-electron chi connectivity index (χ0n) is 12.0. The Bertz CT molecular complexity index is 696. The van der Waals surface area contributed by atoms with E-state index in [0.29, 0.717) is 5.56 Å². The van der Waals surface area contributed by atoms with Gasteiger partial charge < -0.3 is 15.8 Å². The first-order chi connectivity index (χ1) is 10.2. The lowest BCUT2D eigenvalue weighted by molar-refractivity contribution is 0.318. The van der Waals surface area contributed by atoms with Gasteiger partial charge >= 0.3 is 0 Å². The summed E-state index contributed by atoms with van der Waals surface area (Å²) in [5.41, 5.74) is 9.81. The Hall–Kier alpha value is -2.56. The summed E-state index contributed by atoms with van der Waals surface area (Å²) in [5.74, 6) is 0.831. The first-order valence-electron chi connectivity index (χ1n) is 7.01. The predicted octanol–water partition coefficient (Wildman–Crippen LogP) is 2.57. The molecule has 0 spiro atoms. The number of para-hydroxylation sites is 1. The summed E-state index contributed by atoms with van der Waals surface area (Å²) in [6.45, 7) is 2.81. The van der Waals surface area contributed by atoms with Gasteiger partial charge in [-0.25, -0.2) is 4.98 Å². The molecule has 3 rings (SSSR count). The number of hydrogen-bond acceptors (Lipinski definition) is 4. The van der Waals surface area contributed by atoms with Crippen LogP contribution < -0.4 is 10.6 Å². The van der Waals surface area contributed by atoms with Crippen LogP contribution in [0.2, 0.25) is 0 Å². The second-order valence-electron chi connectivity index (χ2n) is 5.19. The van der Waals surface area contributed by atoms with Crippen molar-refractivity contribution in [1.82, 2.24) is 4.98 Å². The van der Waals surface area contributed by atoms with E-state index in [-0.39, 0.29) is 5.84 Å². The van der Waals surface area contributed by atoms with Crippen molar-refractivity contribution in [1.29, 1.82) is 0 Å². The maximum absolute atomic E-state index is 8.99. The highest BCUT2D eigenvalue weighted by Gasteiger charge is 2.22. The van der Waals surface area contributed by atoms with Crippen LogP contribution in [0.4, 0.5) is 11.5 Å². The summed E-state index contributed by atoms with van der Waals surface area (Å²) in [5, 5.41) is 12.1. The quantitative estimate of drug-likeness (QED) is 0.384. The molecule has 0 bridgehead atoms. The molecule has 1 aromatic carbocycles. The van der Waals surface area contributed by atoms with E-state index in [0.717, 1.165) is 36.6 Å². The Labute approximate surface area is 123 Å². The number of nitrogens with two attached hydrogens (primary N) is 1. The number of amidine groups is 1. The summed E-state index contributed by atoms with van der Waals surface area (Å²) in [7, 11) is 0. The molecule has 5 heteroatoms. The minimum atomic E-state index is 0.0838. The molecule has 1 aliphatic heterocycles. The highest BCUT2D eigenvalue weighted by molar-refractivity contribution is 6.02. The highest BCUT2D eigenvalue weighted by Crippen LogP contribution is 2.34. The first kappa shape index (κ1) is 13.4. The van der Waals surface area contributed by atoms with Gasteiger partial charge in [0.2, 0.25) is 0 Å². The highest BCUT2D eigenvalue weighted by atomic mass is 16.4. The minimum absolute atomic E-state index is 0.0838. The Morgan fingerprint density at radius 3 is 2.90 bits per heavy atom. The molecule has 1 aromatic heterocycles. The standard InChI is InChI=1S/C16H18N4O/c1-11-8-9-13(15(17)19-21)16(18-11)20-10-4-6-12-5-2-3-7-14(12)20/h2-3,5,7-9,21H,4,6,10H2,1H3,(H2,17,19). The molecule has 2 aromatic rings. The summed E-state index contributed by atoms with van der Waals surface area (Å²) in [6.07, 6.45) is 2.12. The van der Waals surface area contributed by atoms with Crippen molar-refractivity contribution in [2.24, 2.45) is 10.9 Å². The Morgan fingerprint density at radius 1 is 1.29 bits per heavy atom. The summed E-state index contributed by atoms with van der Waals surface area (Å²) in [6, 6.07) is 12.0. The fourth-order valence-corrected chi connectivity index (χ4v) is 2.76. The molecule has 0 fully saturated rings. The first-order valence-corrected chi connectivity index (χ1v) is 7.01. The van der Waals surface area contributed by atoms with Gasteiger partial charge in [0.25, 0.3) is 0 Å². The van der Waals surface area contributed by atoms with E-state index in [1.54, 1.807) is 0 Å². The summed E-state index contributed by atoms with van der Waals surface area (Å²) in [4.78, 5) is 6.77. The molecule has 2 heterocycles. The number of nitrogens with zero attached hydrogens (tertiary/aromatic N) is 3. The van der Waals surface area contributed by atoms with Crippen LogP contribution in [0.25, 0.3) is 0 Å². The van der Waals surface area contributed by atoms with Crippen molar-refractivity contribution in [3.05, 3.63) is 53.2 Å². The molecule has 21 heavy (non-hydrogen) atoms. The van der Waals surface area contributed by atoms with Crippen LogP contribution in [-0.4, -0.2) is 22.6 Å². The number of anilines is 2. The van der Waals surface area contributed by atoms with E-state index in [2.05, 4.69) is 33.2 Å². The molecule has 0 saturated heterocycles. The fraction of sp³-hybridized carbons (Fsp3) is 0.250. The van der Waals surface area contributed by atoms with Crippen molar-refractivity contribution in [2.45, 2.75) is 19.8 Å². The lowest BCUT2D eigenvalue weighted by atomic mass is 10.0. The number of fused-ring (bicyclic) bond motifs is 1. The molecular weight excluding hydrogens is 264 g/mol. The fourth-order valence-electron chi connectivity index (χ4n) is 2.76. The van der Waals surface area contributed by atoms with Crippen LogP contribution in [0.5, 0.6) is 0 Å². The van der Waals surface area contributed by atoms with Crippen LogP contribution in [0.3, 0.4) is 0 Å². The van der Waals surface area contributed by atoms with Gasteiger partial charge in [-0.05, 0) is 43.5 Å². The average Bonchev–Trinajstić information content (AvgIpc) is 2.53. The van der Waals surface area contributed by atoms with E-state index >= 15 is 0 Å². The van der Waals surface area contributed by atoms with Gasteiger partial charge in [0.15, 0.2) is 5.84 Å². The summed E-state index contributed by atoms with van der Waals surface area (Å²) < 4.78 is 0. The molecule has 0 amide bonds. The topological polar surface area (TPSA) is 74.7 Å². The summed E-state index contributed by atoms with van der Waals surface area (Å²) >= 11 is 0. The molecule has 0 radical (unpaired) electrons. The van der Waals surface area contributed by atoms with Gasteiger partial charge in [-0.15, -0.1) is 0 Å². The van der Waals surface area contributed by atoms with Gasteiger partial charge in [-0.3, -0.25) is 0 Å². The third-order valence-electron chi connectivity index (χ3n) is 3.76. The van der Waals surface area contributed by atoms with Gasteiger partial charge in [-0.1, -0.05) is 23.4 Å². The molecule has 1 aliphatic rings. The molecule has 0 atom stereocenters. The maximum atomic E-state index is 8.99. The largest absolute Gasteiger partial charge is 0.409 e.